The molecule has 114 valence electrons. The SMILES string of the molecule is CCOC(=O)/C=C(\C)c1ccc2c(c1)CCCN2C(C)C. The highest BCUT2D eigenvalue weighted by Gasteiger charge is 2.19. The number of carbonyl (C=O) groups excluding carboxylic acids is 1. The van der Waals surface area contributed by atoms with Gasteiger partial charge in [0.05, 0.1) is 6.61 Å². The van der Waals surface area contributed by atoms with Crippen molar-refractivity contribution in [2.75, 3.05) is 18.1 Å². The maximum atomic E-state index is 11.6. The van der Waals surface area contributed by atoms with E-state index >= 15 is 0 Å². The molecule has 1 aliphatic heterocycles. The van der Waals surface area contributed by atoms with Crippen molar-refractivity contribution in [3.8, 4) is 0 Å². The highest BCUT2D eigenvalue weighted by Crippen LogP contribution is 2.31. The fourth-order valence-electron chi connectivity index (χ4n) is 2.85. The van der Waals surface area contributed by atoms with Gasteiger partial charge in [-0.2, -0.15) is 0 Å². The van der Waals surface area contributed by atoms with Gasteiger partial charge in [-0.25, -0.2) is 4.79 Å². The fourth-order valence-corrected chi connectivity index (χ4v) is 2.85. The maximum Gasteiger partial charge on any atom is 0.331 e. The van der Waals surface area contributed by atoms with Crippen molar-refractivity contribution in [2.45, 2.75) is 46.6 Å². The average molecular weight is 287 g/mol. The normalized spacial score (nSPS) is 15.1. The number of rotatable bonds is 4. The van der Waals surface area contributed by atoms with Gasteiger partial charge in [-0.05, 0) is 69.4 Å². The lowest BCUT2D eigenvalue weighted by Gasteiger charge is -2.35. The van der Waals surface area contributed by atoms with Crippen LogP contribution >= 0.6 is 0 Å². The lowest BCUT2D eigenvalue weighted by Crippen LogP contribution is -2.35. The first-order chi connectivity index (χ1) is 10.0. The van der Waals surface area contributed by atoms with E-state index < -0.39 is 0 Å². The van der Waals surface area contributed by atoms with Gasteiger partial charge in [0, 0.05) is 24.4 Å². The first kappa shape index (κ1) is 15.6. The third-order valence-electron chi connectivity index (χ3n) is 3.93. The molecule has 0 amide bonds. The molecule has 0 saturated heterocycles. The summed E-state index contributed by atoms with van der Waals surface area (Å²) in [5.41, 5.74) is 4.78. The number of aryl methyl sites for hydroxylation is 1. The maximum absolute atomic E-state index is 11.6. The molecule has 21 heavy (non-hydrogen) atoms. The van der Waals surface area contributed by atoms with E-state index in [2.05, 4.69) is 36.9 Å². The van der Waals surface area contributed by atoms with Crippen molar-refractivity contribution in [1.29, 1.82) is 0 Å². The van der Waals surface area contributed by atoms with Gasteiger partial charge in [0.25, 0.3) is 0 Å². The number of anilines is 1. The lowest BCUT2D eigenvalue weighted by molar-refractivity contribution is -0.137. The third-order valence-corrected chi connectivity index (χ3v) is 3.93. The van der Waals surface area contributed by atoms with E-state index in [1.54, 1.807) is 6.08 Å². The molecule has 0 saturated carbocycles. The second kappa shape index (κ2) is 6.79. The summed E-state index contributed by atoms with van der Waals surface area (Å²) in [5.74, 6) is -0.267. The van der Waals surface area contributed by atoms with Crippen LogP contribution in [-0.2, 0) is 16.0 Å². The molecule has 0 aromatic heterocycles. The molecule has 1 aromatic carbocycles. The number of allylic oxidation sites excluding steroid dienone is 1. The molecule has 0 unspecified atom stereocenters. The summed E-state index contributed by atoms with van der Waals surface area (Å²) in [6.07, 6.45) is 3.88. The van der Waals surface area contributed by atoms with Crippen molar-refractivity contribution in [1.82, 2.24) is 0 Å². The number of hydrogen-bond acceptors (Lipinski definition) is 3. The van der Waals surface area contributed by atoms with E-state index in [1.165, 1.54) is 17.7 Å². The molecule has 0 N–H and O–H groups in total. The van der Waals surface area contributed by atoms with E-state index in [4.69, 9.17) is 4.74 Å². The molecular formula is C18H25NO2. The summed E-state index contributed by atoms with van der Waals surface area (Å²) >= 11 is 0. The Balaban J connectivity index is 2.27. The van der Waals surface area contributed by atoms with Crippen molar-refractivity contribution in [2.24, 2.45) is 0 Å². The van der Waals surface area contributed by atoms with Crippen LogP contribution in [0, 0.1) is 0 Å². The molecule has 3 heteroatoms. The summed E-state index contributed by atoms with van der Waals surface area (Å²) in [4.78, 5) is 14.0. The van der Waals surface area contributed by atoms with Crippen LogP contribution in [0.4, 0.5) is 5.69 Å². The van der Waals surface area contributed by atoms with Crippen LogP contribution in [0.15, 0.2) is 24.3 Å². The number of benzene rings is 1. The highest BCUT2D eigenvalue weighted by atomic mass is 16.5. The predicted molar refractivity (Wildman–Crippen MR) is 87.5 cm³/mol. The first-order valence-electron chi connectivity index (χ1n) is 7.78. The smallest absolute Gasteiger partial charge is 0.331 e. The van der Waals surface area contributed by atoms with Crippen LogP contribution in [0.5, 0.6) is 0 Å². The van der Waals surface area contributed by atoms with E-state index in [-0.39, 0.29) is 5.97 Å². The van der Waals surface area contributed by atoms with Crippen LogP contribution in [0.1, 0.15) is 45.2 Å². The molecule has 2 rings (SSSR count). The number of ether oxygens (including phenoxy) is 1. The molecule has 0 fully saturated rings. The average Bonchev–Trinajstić information content (AvgIpc) is 2.46. The Kier molecular flexibility index (Phi) is 5.05. The molecule has 0 spiro atoms. The highest BCUT2D eigenvalue weighted by molar-refractivity contribution is 5.91. The van der Waals surface area contributed by atoms with Crippen molar-refractivity contribution >= 4 is 17.2 Å². The zero-order chi connectivity index (χ0) is 15.4. The predicted octanol–water partition coefficient (Wildman–Crippen LogP) is 3.81. The zero-order valence-electron chi connectivity index (χ0n) is 13.5. The quantitative estimate of drug-likeness (QED) is 0.623. The largest absolute Gasteiger partial charge is 0.463 e. The van der Waals surface area contributed by atoms with E-state index in [0.29, 0.717) is 12.6 Å². The lowest BCUT2D eigenvalue weighted by atomic mass is 9.95. The minimum atomic E-state index is -0.267. The van der Waals surface area contributed by atoms with Gasteiger partial charge in [0.2, 0.25) is 0 Å². The van der Waals surface area contributed by atoms with Crippen molar-refractivity contribution < 1.29 is 9.53 Å². The number of carbonyl (C=O) groups is 1. The third kappa shape index (κ3) is 3.66. The second-order valence-corrected chi connectivity index (χ2v) is 5.81. The van der Waals surface area contributed by atoms with Crippen LogP contribution in [0.3, 0.4) is 0 Å². The molecular weight excluding hydrogens is 262 g/mol. The molecule has 3 nitrogen and oxygen atoms in total. The van der Waals surface area contributed by atoms with Gasteiger partial charge in [-0.3, -0.25) is 0 Å². The Hall–Kier alpha value is -1.77. The summed E-state index contributed by atoms with van der Waals surface area (Å²) in [7, 11) is 0. The molecule has 1 aliphatic rings. The summed E-state index contributed by atoms with van der Waals surface area (Å²) < 4.78 is 4.97. The van der Waals surface area contributed by atoms with Crippen molar-refractivity contribution in [3.05, 3.63) is 35.4 Å². The molecule has 0 radical (unpaired) electrons. The van der Waals surface area contributed by atoms with Gasteiger partial charge in [0.1, 0.15) is 0 Å². The fraction of sp³-hybridized carbons (Fsp3) is 0.500. The Morgan fingerprint density at radius 2 is 2.19 bits per heavy atom. The number of nitrogens with zero attached hydrogens (tertiary/aromatic N) is 1. The number of fused-ring (bicyclic) bond motifs is 1. The molecule has 1 heterocycles. The second-order valence-electron chi connectivity index (χ2n) is 5.81. The summed E-state index contributed by atoms with van der Waals surface area (Å²) in [6.45, 7) is 9.78. The monoisotopic (exact) mass is 287 g/mol. The van der Waals surface area contributed by atoms with Gasteiger partial charge in [-0.15, -0.1) is 0 Å². The Morgan fingerprint density at radius 3 is 2.86 bits per heavy atom. The summed E-state index contributed by atoms with van der Waals surface area (Å²) in [6, 6.07) is 7.03. The van der Waals surface area contributed by atoms with Crippen LogP contribution < -0.4 is 4.90 Å². The first-order valence-corrected chi connectivity index (χ1v) is 7.78. The van der Waals surface area contributed by atoms with Crippen LogP contribution in [0.25, 0.3) is 5.57 Å². The molecule has 0 atom stereocenters. The Labute approximate surface area is 127 Å². The minimum Gasteiger partial charge on any atom is -0.463 e. The molecule has 0 aliphatic carbocycles. The van der Waals surface area contributed by atoms with E-state index in [9.17, 15) is 4.79 Å². The Morgan fingerprint density at radius 1 is 1.43 bits per heavy atom. The summed E-state index contributed by atoms with van der Waals surface area (Å²) in [5, 5.41) is 0. The van der Waals surface area contributed by atoms with Gasteiger partial charge in [0.15, 0.2) is 0 Å². The zero-order valence-corrected chi connectivity index (χ0v) is 13.5. The Bertz CT molecular complexity index is 546. The van der Waals surface area contributed by atoms with Gasteiger partial charge in [-0.1, -0.05) is 6.07 Å². The van der Waals surface area contributed by atoms with Crippen LogP contribution in [-0.4, -0.2) is 25.2 Å². The molecule has 1 aromatic rings. The number of esters is 1. The van der Waals surface area contributed by atoms with E-state index in [0.717, 1.165) is 24.1 Å². The van der Waals surface area contributed by atoms with Crippen LogP contribution in [0.2, 0.25) is 0 Å². The molecule has 0 bridgehead atoms. The minimum absolute atomic E-state index is 0.267. The van der Waals surface area contributed by atoms with Crippen molar-refractivity contribution in [3.63, 3.8) is 0 Å². The van der Waals surface area contributed by atoms with E-state index in [1.807, 2.05) is 13.8 Å². The number of hydrogen-bond donors (Lipinski definition) is 0. The standard InChI is InChI=1S/C18H25NO2/c1-5-21-18(20)11-14(4)15-8-9-17-16(12-15)7-6-10-19(17)13(2)3/h8-9,11-13H,5-7,10H2,1-4H3/b14-11+. The van der Waals surface area contributed by atoms with Gasteiger partial charge >= 0.3 is 5.97 Å². The topological polar surface area (TPSA) is 29.5 Å². The van der Waals surface area contributed by atoms with Gasteiger partial charge < -0.3 is 9.64 Å².